The van der Waals surface area contributed by atoms with Gasteiger partial charge in [-0.15, -0.1) is 5.10 Å². The second-order valence-corrected chi connectivity index (χ2v) is 9.24. The van der Waals surface area contributed by atoms with Crippen molar-refractivity contribution < 1.29 is 4.42 Å². The Hall–Kier alpha value is -3.26. The van der Waals surface area contributed by atoms with Crippen LogP contribution in [0.15, 0.2) is 51.9 Å². The predicted octanol–water partition coefficient (Wildman–Crippen LogP) is 4.71. The number of hydrogen-bond acceptors (Lipinski definition) is 6. The van der Waals surface area contributed by atoms with Crippen molar-refractivity contribution in [3.63, 3.8) is 0 Å². The maximum atomic E-state index is 13.0. The topological polar surface area (TPSA) is 92.8 Å². The maximum absolute atomic E-state index is 13.0. The summed E-state index contributed by atoms with van der Waals surface area (Å²) in [7, 11) is 0. The molecule has 3 aromatic heterocycles. The highest BCUT2D eigenvalue weighted by Gasteiger charge is 2.31. The lowest BCUT2D eigenvalue weighted by Crippen LogP contribution is -2.36. The van der Waals surface area contributed by atoms with Gasteiger partial charge in [0.25, 0.3) is 5.56 Å². The molecule has 1 N–H and O–H groups in total. The van der Waals surface area contributed by atoms with E-state index in [1.807, 2.05) is 35.0 Å². The van der Waals surface area contributed by atoms with Crippen molar-refractivity contribution in [1.82, 2.24) is 30.1 Å². The van der Waals surface area contributed by atoms with E-state index in [9.17, 15) is 4.79 Å². The first-order chi connectivity index (χ1) is 15.8. The van der Waals surface area contributed by atoms with Crippen LogP contribution >= 0.6 is 0 Å². The Morgan fingerprint density at radius 1 is 1.18 bits per heavy atom. The zero-order valence-electron chi connectivity index (χ0n) is 20.0. The third kappa shape index (κ3) is 4.75. The van der Waals surface area contributed by atoms with Crippen molar-refractivity contribution in [2.24, 2.45) is 0 Å². The fourth-order valence-electron chi connectivity index (χ4n) is 4.17. The van der Waals surface area contributed by atoms with Gasteiger partial charge in [-0.3, -0.25) is 9.69 Å². The largest absolute Gasteiger partial charge is 0.468 e. The molecule has 0 saturated carbocycles. The molecule has 4 rings (SSSR count). The number of pyridine rings is 1. The van der Waals surface area contributed by atoms with Gasteiger partial charge < -0.3 is 9.40 Å². The minimum Gasteiger partial charge on any atom is -0.468 e. The molecule has 8 nitrogen and oxygen atoms in total. The summed E-state index contributed by atoms with van der Waals surface area (Å²) in [5.41, 5.74) is 2.39. The van der Waals surface area contributed by atoms with E-state index in [4.69, 9.17) is 4.42 Å². The van der Waals surface area contributed by atoms with Gasteiger partial charge in [0.2, 0.25) is 0 Å². The number of nitrogens with one attached hydrogen (secondary N) is 1. The molecular weight excluding hydrogens is 416 g/mol. The molecule has 3 heterocycles. The summed E-state index contributed by atoms with van der Waals surface area (Å²) in [6, 6.07) is 11.8. The molecule has 0 aliphatic carbocycles. The smallest absolute Gasteiger partial charge is 0.252 e. The molecule has 8 heteroatoms. The molecule has 0 amide bonds. The molecule has 4 aromatic rings. The van der Waals surface area contributed by atoms with Gasteiger partial charge in [0.1, 0.15) is 5.76 Å². The molecule has 1 atom stereocenters. The fraction of sp³-hybridized carbons (Fsp3) is 0.440. The van der Waals surface area contributed by atoms with Crippen molar-refractivity contribution in [3.05, 3.63) is 75.7 Å². The number of hydrogen-bond donors (Lipinski definition) is 1. The number of aryl methyl sites for hydroxylation is 1. The third-order valence-electron chi connectivity index (χ3n) is 6.45. The van der Waals surface area contributed by atoms with Crippen LogP contribution in [0.3, 0.4) is 0 Å². The summed E-state index contributed by atoms with van der Waals surface area (Å²) in [5, 5.41) is 13.8. The lowest BCUT2D eigenvalue weighted by molar-refractivity contribution is 0.140. The van der Waals surface area contributed by atoms with Crippen LogP contribution in [0.25, 0.3) is 10.9 Å². The Kier molecular flexibility index (Phi) is 6.47. The highest BCUT2D eigenvalue weighted by atomic mass is 16.3. The standard InChI is InChI=1S/C25H32N6O2/c1-6-22(23-27-28-29-31(23)25(4,5)7-2)30(16-20-9-8-12-33-20)15-19-14-18-13-17(3)10-11-21(18)26-24(19)32/h8-14,22H,6-7,15-16H2,1-5H3,(H,26,32). The first-order valence-electron chi connectivity index (χ1n) is 11.5. The second-order valence-electron chi connectivity index (χ2n) is 9.24. The summed E-state index contributed by atoms with van der Waals surface area (Å²) in [5.74, 6) is 1.62. The number of tetrazole rings is 1. The van der Waals surface area contributed by atoms with Gasteiger partial charge in [0.15, 0.2) is 5.82 Å². The molecule has 0 aliphatic heterocycles. The molecule has 33 heavy (non-hydrogen) atoms. The number of nitrogens with zero attached hydrogens (tertiary/aromatic N) is 5. The van der Waals surface area contributed by atoms with Crippen LogP contribution in [-0.2, 0) is 18.6 Å². The highest BCUT2D eigenvalue weighted by Crippen LogP contribution is 2.30. The lowest BCUT2D eigenvalue weighted by atomic mass is 10.0. The van der Waals surface area contributed by atoms with E-state index in [2.05, 4.69) is 66.1 Å². The number of H-pyrrole nitrogens is 1. The average molecular weight is 449 g/mol. The first kappa shape index (κ1) is 22.9. The Balaban J connectivity index is 1.76. The maximum Gasteiger partial charge on any atom is 0.252 e. The van der Waals surface area contributed by atoms with Crippen molar-refractivity contribution in [1.29, 1.82) is 0 Å². The SMILES string of the molecule is CCC(c1nnnn1C(C)(C)CC)N(Cc1ccco1)Cc1cc2cc(C)ccc2[nH]c1=O. The summed E-state index contributed by atoms with van der Waals surface area (Å²) in [6.07, 6.45) is 3.35. The average Bonchev–Trinajstić information content (AvgIpc) is 3.48. The van der Waals surface area contributed by atoms with Gasteiger partial charge in [-0.1, -0.05) is 25.5 Å². The van der Waals surface area contributed by atoms with Crippen molar-refractivity contribution in [2.45, 2.75) is 72.1 Å². The van der Waals surface area contributed by atoms with E-state index < -0.39 is 0 Å². The molecule has 0 bridgehead atoms. The van der Waals surface area contributed by atoms with Crippen LogP contribution in [0, 0.1) is 6.92 Å². The van der Waals surface area contributed by atoms with Crippen LogP contribution < -0.4 is 5.56 Å². The van der Waals surface area contributed by atoms with E-state index in [0.717, 1.165) is 40.9 Å². The zero-order valence-corrected chi connectivity index (χ0v) is 20.0. The van der Waals surface area contributed by atoms with Gasteiger partial charge >= 0.3 is 0 Å². The minimum atomic E-state index is -0.222. The third-order valence-corrected chi connectivity index (χ3v) is 6.45. The predicted molar refractivity (Wildman–Crippen MR) is 128 cm³/mol. The van der Waals surface area contributed by atoms with Crippen LogP contribution in [-0.4, -0.2) is 30.1 Å². The number of aromatic nitrogens is 5. The molecular formula is C25H32N6O2. The molecule has 0 fully saturated rings. The molecule has 174 valence electrons. The van der Waals surface area contributed by atoms with Crippen LogP contribution in [0.4, 0.5) is 0 Å². The van der Waals surface area contributed by atoms with Crippen LogP contribution in [0.1, 0.15) is 69.3 Å². The number of furan rings is 1. The summed E-state index contributed by atoms with van der Waals surface area (Å²) >= 11 is 0. The molecule has 1 unspecified atom stereocenters. The molecule has 0 radical (unpaired) electrons. The number of fused-ring (bicyclic) bond motifs is 1. The Labute approximate surface area is 193 Å². The highest BCUT2D eigenvalue weighted by molar-refractivity contribution is 5.79. The Morgan fingerprint density at radius 3 is 2.70 bits per heavy atom. The Morgan fingerprint density at radius 2 is 2.00 bits per heavy atom. The molecule has 0 spiro atoms. The first-order valence-corrected chi connectivity index (χ1v) is 11.5. The van der Waals surface area contributed by atoms with Gasteiger partial charge in [0.05, 0.1) is 24.4 Å². The van der Waals surface area contributed by atoms with Crippen LogP contribution in [0.2, 0.25) is 0 Å². The quantitative estimate of drug-likeness (QED) is 0.398. The van der Waals surface area contributed by atoms with E-state index in [1.165, 1.54) is 0 Å². The van der Waals surface area contributed by atoms with Crippen molar-refractivity contribution in [2.75, 3.05) is 0 Å². The zero-order chi connectivity index (χ0) is 23.6. The number of rotatable bonds is 9. The normalized spacial score (nSPS) is 13.2. The summed E-state index contributed by atoms with van der Waals surface area (Å²) in [4.78, 5) is 18.2. The van der Waals surface area contributed by atoms with E-state index >= 15 is 0 Å². The van der Waals surface area contributed by atoms with Crippen molar-refractivity contribution in [3.8, 4) is 0 Å². The molecule has 0 aliphatic rings. The fourth-order valence-corrected chi connectivity index (χ4v) is 4.17. The van der Waals surface area contributed by atoms with Gasteiger partial charge in [-0.25, -0.2) is 4.68 Å². The molecule has 1 aromatic carbocycles. The van der Waals surface area contributed by atoms with E-state index in [0.29, 0.717) is 18.7 Å². The molecule has 0 saturated heterocycles. The number of benzene rings is 1. The Bertz CT molecular complexity index is 1270. The van der Waals surface area contributed by atoms with E-state index in [1.54, 1.807) is 6.26 Å². The summed E-state index contributed by atoms with van der Waals surface area (Å²) in [6.45, 7) is 11.5. The van der Waals surface area contributed by atoms with E-state index in [-0.39, 0.29) is 17.1 Å². The summed E-state index contributed by atoms with van der Waals surface area (Å²) < 4.78 is 7.58. The van der Waals surface area contributed by atoms with Gasteiger partial charge in [-0.05, 0) is 79.8 Å². The second kappa shape index (κ2) is 9.31. The van der Waals surface area contributed by atoms with Gasteiger partial charge in [-0.2, -0.15) is 0 Å². The monoisotopic (exact) mass is 448 g/mol. The van der Waals surface area contributed by atoms with Crippen molar-refractivity contribution >= 4 is 10.9 Å². The van der Waals surface area contributed by atoms with Gasteiger partial charge in [0, 0.05) is 17.6 Å². The number of aromatic amines is 1. The lowest BCUT2D eigenvalue weighted by Gasteiger charge is -2.32. The van der Waals surface area contributed by atoms with Crippen LogP contribution in [0.5, 0.6) is 0 Å². The minimum absolute atomic E-state index is 0.0841.